The number of rotatable bonds is 1. The second-order valence-electron chi connectivity index (χ2n) is 7.58. The molecule has 0 spiro atoms. The lowest BCUT2D eigenvalue weighted by atomic mass is 9.46. The fraction of sp³-hybridized carbons (Fsp3) is 1.00. The molecular weight excluding hydrogens is 210 g/mol. The zero-order chi connectivity index (χ0) is 12.9. The van der Waals surface area contributed by atoms with Crippen molar-refractivity contribution in [2.75, 3.05) is 6.54 Å². The first-order chi connectivity index (χ1) is 7.74. The van der Waals surface area contributed by atoms with E-state index in [4.69, 9.17) is 5.73 Å². The van der Waals surface area contributed by atoms with Crippen molar-refractivity contribution in [3.8, 4) is 0 Å². The van der Waals surface area contributed by atoms with Gasteiger partial charge in [-0.15, -0.1) is 0 Å². The van der Waals surface area contributed by atoms with Gasteiger partial charge in [0.25, 0.3) is 0 Å². The third kappa shape index (κ3) is 1.94. The highest BCUT2D eigenvalue weighted by Crippen LogP contribution is 2.61. The van der Waals surface area contributed by atoms with Crippen LogP contribution in [0.4, 0.5) is 0 Å². The van der Waals surface area contributed by atoms with Crippen LogP contribution < -0.4 is 5.73 Å². The molecule has 0 aromatic rings. The van der Waals surface area contributed by atoms with E-state index in [1.807, 2.05) is 6.92 Å². The highest BCUT2D eigenvalue weighted by atomic mass is 16.3. The average molecular weight is 239 g/mol. The van der Waals surface area contributed by atoms with Gasteiger partial charge in [-0.2, -0.15) is 0 Å². The van der Waals surface area contributed by atoms with E-state index in [0.717, 1.165) is 18.8 Å². The summed E-state index contributed by atoms with van der Waals surface area (Å²) in [5.41, 5.74) is 6.09. The topological polar surface area (TPSA) is 46.2 Å². The zero-order valence-electron chi connectivity index (χ0n) is 11.9. The number of hydrogen-bond donors (Lipinski definition) is 2. The van der Waals surface area contributed by atoms with Crippen LogP contribution in [0.1, 0.15) is 59.8 Å². The van der Waals surface area contributed by atoms with Crippen molar-refractivity contribution in [3.05, 3.63) is 0 Å². The molecule has 3 N–H and O–H groups in total. The molecule has 0 radical (unpaired) electrons. The second-order valence-corrected chi connectivity index (χ2v) is 7.58. The highest BCUT2D eigenvalue weighted by molar-refractivity contribution is 5.07. The molecule has 0 aliphatic heterocycles. The quantitative estimate of drug-likeness (QED) is 0.739. The van der Waals surface area contributed by atoms with E-state index in [0.29, 0.717) is 12.0 Å². The summed E-state index contributed by atoms with van der Waals surface area (Å²) in [4.78, 5) is 0. The molecule has 2 rings (SSSR count). The summed E-state index contributed by atoms with van der Waals surface area (Å²) in [6.45, 7) is 9.80. The lowest BCUT2D eigenvalue weighted by Gasteiger charge is -2.61. The molecule has 0 heterocycles. The maximum atomic E-state index is 10.6. The van der Waals surface area contributed by atoms with E-state index in [9.17, 15) is 5.11 Å². The second kappa shape index (κ2) is 3.96. The van der Waals surface area contributed by atoms with Crippen LogP contribution in [0.2, 0.25) is 0 Å². The van der Waals surface area contributed by atoms with Gasteiger partial charge in [0, 0.05) is 5.92 Å². The minimum absolute atomic E-state index is 0.234. The van der Waals surface area contributed by atoms with Gasteiger partial charge in [-0.05, 0) is 55.9 Å². The van der Waals surface area contributed by atoms with Crippen LogP contribution in [0.25, 0.3) is 0 Å². The fourth-order valence-electron chi connectivity index (χ4n) is 5.15. The third-order valence-electron chi connectivity index (χ3n) is 6.00. The Balaban J connectivity index is 2.37. The molecule has 17 heavy (non-hydrogen) atoms. The van der Waals surface area contributed by atoms with Crippen molar-refractivity contribution < 1.29 is 5.11 Å². The fourth-order valence-corrected chi connectivity index (χ4v) is 5.15. The molecule has 0 amide bonds. The molecule has 0 saturated heterocycles. The SMILES string of the molecule is CC1(C)CCCC2(C)C1CCC(C)(O)C2CN. The molecule has 100 valence electrons. The Labute approximate surface area is 106 Å². The van der Waals surface area contributed by atoms with Gasteiger partial charge < -0.3 is 10.8 Å². The standard InChI is InChI=1S/C15H29NO/c1-13(2)7-5-8-14(3)11(13)6-9-15(4,17)12(14)10-16/h11-12,17H,5-10,16H2,1-4H3. The van der Waals surface area contributed by atoms with Gasteiger partial charge >= 0.3 is 0 Å². The van der Waals surface area contributed by atoms with Crippen molar-refractivity contribution >= 4 is 0 Å². The van der Waals surface area contributed by atoms with E-state index in [1.165, 1.54) is 19.3 Å². The van der Waals surface area contributed by atoms with Crippen LogP contribution in [-0.4, -0.2) is 17.3 Å². The summed E-state index contributed by atoms with van der Waals surface area (Å²) in [7, 11) is 0. The van der Waals surface area contributed by atoms with E-state index < -0.39 is 5.60 Å². The predicted octanol–water partition coefficient (Wildman–Crippen LogP) is 2.94. The Hall–Kier alpha value is -0.0800. The summed E-state index contributed by atoms with van der Waals surface area (Å²) < 4.78 is 0. The van der Waals surface area contributed by atoms with Crippen molar-refractivity contribution in [2.24, 2.45) is 28.4 Å². The summed E-state index contributed by atoms with van der Waals surface area (Å²) >= 11 is 0. The molecule has 0 aromatic carbocycles. The molecule has 2 aliphatic rings. The molecule has 2 saturated carbocycles. The van der Waals surface area contributed by atoms with E-state index in [-0.39, 0.29) is 11.3 Å². The molecular formula is C15H29NO. The summed E-state index contributed by atoms with van der Waals surface area (Å²) in [6.07, 6.45) is 5.92. The van der Waals surface area contributed by atoms with Gasteiger partial charge in [0.2, 0.25) is 0 Å². The predicted molar refractivity (Wildman–Crippen MR) is 71.6 cm³/mol. The molecule has 4 unspecified atom stereocenters. The summed E-state index contributed by atoms with van der Waals surface area (Å²) in [5, 5.41) is 10.6. The van der Waals surface area contributed by atoms with E-state index in [1.54, 1.807) is 0 Å². The minimum atomic E-state index is -0.562. The maximum absolute atomic E-state index is 10.6. The first-order valence-corrected chi connectivity index (χ1v) is 7.16. The van der Waals surface area contributed by atoms with Crippen LogP contribution in [-0.2, 0) is 0 Å². The van der Waals surface area contributed by atoms with Crippen LogP contribution in [0.3, 0.4) is 0 Å². The van der Waals surface area contributed by atoms with Crippen molar-refractivity contribution in [3.63, 3.8) is 0 Å². The average Bonchev–Trinajstić information content (AvgIpc) is 2.14. The van der Waals surface area contributed by atoms with Gasteiger partial charge in [-0.3, -0.25) is 0 Å². The summed E-state index contributed by atoms with van der Waals surface area (Å²) in [6, 6.07) is 0. The van der Waals surface area contributed by atoms with Gasteiger partial charge in [0.15, 0.2) is 0 Å². The largest absolute Gasteiger partial charge is 0.390 e. The lowest BCUT2D eigenvalue weighted by molar-refractivity contribution is -0.163. The van der Waals surface area contributed by atoms with Gasteiger partial charge in [0.1, 0.15) is 0 Å². The van der Waals surface area contributed by atoms with Crippen molar-refractivity contribution in [1.82, 2.24) is 0 Å². The first-order valence-electron chi connectivity index (χ1n) is 7.16. The third-order valence-corrected chi connectivity index (χ3v) is 6.00. The Morgan fingerprint density at radius 1 is 1.12 bits per heavy atom. The molecule has 2 heteroatoms. The molecule has 4 atom stereocenters. The monoisotopic (exact) mass is 239 g/mol. The van der Waals surface area contributed by atoms with Gasteiger partial charge in [-0.25, -0.2) is 0 Å². The van der Waals surface area contributed by atoms with Crippen molar-refractivity contribution in [2.45, 2.75) is 65.4 Å². The molecule has 2 fully saturated rings. The van der Waals surface area contributed by atoms with E-state index >= 15 is 0 Å². The number of aliphatic hydroxyl groups is 1. The van der Waals surface area contributed by atoms with Crippen LogP contribution in [0.15, 0.2) is 0 Å². The first kappa shape index (κ1) is 13.4. The number of hydrogen-bond acceptors (Lipinski definition) is 2. The van der Waals surface area contributed by atoms with Crippen LogP contribution in [0, 0.1) is 22.7 Å². The Morgan fingerprint density at radius 2 is 1.76 bits per heavy atom. The Morgan fingerprint density at radius 3 is 2.35 bits per heavy atom. The van der Waals surface area contributed by atoms with Crippen LogP contribution in [0.5, 0.6) is 0 Å². The number of fused-ring (bicyclic) bond motifs is 1. The minimum Gasteiger partial charge on any atom is -0.390 e. The highest BCUT2D eigenvalue weighted by Gasteiger charge is 2.57. The van der Waals surface area contributed by atoms with Gasteiger partial charge in [-0.1, -0.05) is 27.2 Å². The van der Waals surface area contributed by atoms with E-state index in [2.05, 4.69) is 20.8 Å². The Bertz CT molecular complexity index is 285. The molecule has 0 aromatic heterocycles. The maximum Gasteiger partial charge on any atom is 0.0665 e. The Kier molecular flexibility index (Phi) is 3.11. The lowest BCUT2D eigenvalue weighted by Crippen LogP contribution is -2.59. The molecule has 2 aliphatic carbocycles. The smallest absolute Gasteiger partial charge is 0.0665 e. The van der Waals surface area contributed by atoms with Crippen LogP contribution >= 0.6 is 0 Å². The van der Waals surface area contributed by atoms with Crippen molar-refractivity contribution in [1.29, 1.82) is 0 Å². The van der Waals surface area contributed by atoms with Gasteiger partial charge in [0.05, 0.1) is 5.60 Å². The normalized spacial score (nSPS) is 49.8. The molecule has 2 nitrogen and oxygen atoms in total. The number of nitrogens with two attached hydrogens (primary N) is 1. The summed E-state index contributed by atoms with van der Waals surface area (Å²) in [5.74, 6) is 0.978. The molecule has 0 bridgehead atoms. The zero-order valence-corrected chi connectivity index (χ0v) is 11.9.